The third-order valence-electron chi connectivity index (χ3n) is 8.67. The predicted molar refractivity (Wildman–Crippen MR) is 140 cm³/mol. The lowest BCUT2D eigenvalue weighted by molar-refractivity contribution is 0.141. The second kappa shape index (κ2) is 11.6. The van der Waals surface area contributed by atoms with E-state index >= 15 is 0 Å². The highest BCUT2D eigenvalue weighted by Crippen LogP contribution is 2.33. The maximum atomic E-state index is 12.2. The Balaban J connectivity index is 1.17. The molecule has 33 heavy (non-hydrogen) atoms. The predicted octanol–water partition coefficient (Wildman–Crippen LogP) is 5.70. The van der Waals surface area contributed by atoms with Crippen LogP contribution in [0, 0.1) is 11.8 Å². The summed E-state index contributed by atoms with van der Waals surface area (Å²) in [5.74, 6) is 1.54. The summed E-state index contributed by atoms with van der Waals surface area (Å²) in [6.45, 7) is 8.64. The summed E-state index contributed by atoms with van der Waals surface area (Å²) < 4.78 is 24.4. The van der Waals surface area contributed by atoms with Crippen LogP contribution in [0.2, 0.25) is 0 Å². The van der Waals surface area contributed by atoms with Crippen molar-refractivity contribution in [3.8, 4) is 0 Å². The molecule has 4 rings (SSSR count). The Bertz CT molecular complexity index is 814. The first-order valence-corrected chi connectivity index (χ1v) is 15.4. The standard InChI is InChI=1S/C28H46N2O2S/c1-23(2)33(31,32)22-26-10-8-24(9-11-26)6-7-25-12-14-27(15-13-25)30-20-16-28(17-21-30)29-18-4-3-5-19-29/h12-15,23-24,26,28H,3-11,16-22H2,1-2H3. The van der Waals surface area contributed by atoms with E-state index in [0.717, 1.165) is 31.2 Å². The maximum absolute atomic E-state index is 12.2. The molecular formula is C28H46N2O2S. The highest BCUT2D eigenvalue weighted by molar-refractivity contribution is 7.91. The van der Waals surface area contributed by atoms with Gasteiger partial charge in [-0.15, -0.1) is 0 Å². The lowest BCUT2D eigenvalue weighted by atomic mass is 9.80. The number of rotatable bonds is 8. The van der Waals surface area contributed by atoms with Crippen LogP contribution < -0.4 is 4.90 Å². The summed E-state index contributed by atoms with van der Waals surface area (Å²) in [7, 11) is -2.90. The second-order valence-corrected chi connectivity index (χ2v) is 13.9. The van der Waals surface area contributed by atoms with Gasteiger partial charge in [-0.3, -0.25) is 0 Å². The number of piperidine rings is 2. The molecule has 1 aliphatic carbocycles. The van der Waals surface area contributed by atoms with Crippen molar-refractivity contribution in [2.75, 3.05) is 36.8 Å². The van der Waals surface area contributed by atoms with Gasteiger partial charge in [0.2, 0.25) is 0 Å². The molecule has 0 unspecified atom stereocenters. The fourth-order valence-corrected chi connectivity index (χ4v) is 7.60. The van der Waals surface area contributed by atoms with Crippen LogP contribution >= 0.6 is 0 Å². The number of anilines is 1. The van der Waals surface area contributed by atoms with Crippen molar-refractivity contribution in [1.29, 1.82) is 0 Å². The van der Waals surface area contributed by atoms with Gasteiger partial charge in [-0.1, -0.05) is 31.4 Å². The largest absolute Gasteiger partial charge is 0.371 e. The van der Waals surface area contributed by atoms with Crippen LogP contribution in [0.3, 0.4) is 0 Å². The van der Waals surface area contributed by atoms with Crippen LogP contribution in [0.25, 0.3) is 0 Å². The Morgan fingerprint density at radius 2 is 1.42 bits per heavy atom. The van der Waals surface area contributed by atoms with Gasteiger partial charge in [0, 0.05) is 24.8 Å². The normalized spacial score (nSPS) is 26.1. The van der Waals surface area contributed by atoms with E-state index in [9.17, 15) is 8.42 Å². The molecule has 0 spiro atoms. The number of benzene rings is 1. The quantitative estimate of drug-likeness (QED) is 0.484. The summed E-state index contributed by atoms with van der Waals surface area (Å²) >= 11 is 0. The third kappa shape index (κ3) is 6.97. The highest BCUT2D eigenvalue weighted by atomic mass is 32.2. The zero-order chi connectivity index (χ0) is 23.3. The molecule has 0 aromatic heterocycles. The minimum Gasteiger partial charge on any atom is -0.371 e. The molecule has 5 heteroatoms. The smallest absolute Gasteiger partial charge is 0.152 e. The molecule has 1 saturated carbocycles. The number of nitrogens with zero attached hydrogens (tertiary/aromatic N) is 2. The molecule has 0 atom stereocenters. The fraction of sp³-hybridized carbons (Fsp3) is 0.786. The van der Waals surface area contributed by atoms with Crippen molar-refractivity contribution in [2.24, 2.45) is 11.8 Å². The summed E-state index contributed by atoms with van der Waals surface area (Å²) in [5, 5.41) is -0.237. The monoisotopic (exact) mass is 474 g/mol. The van der Waals surface area contributed by atoms with E-state index in [1.54, 1.807) is 0 Å². The van der Waals surface area contributed by atoms with Crippen LogP contribution in [-0.4, -0.2) is 56.5 Å². The average molecular weight is 475 g/mol. The zero-order valence-electron chi connectivity index (χ0n) is 21.1. The molecule has 3 fully saturated rings. The van der Waals surface area contributed by atoms with Crippen molar-refractivity contribution in [1.82, 2.24) is 4.90 Å². The first kappa shape index (κ1) is 25.0. The van der Waals surface area contributed by atoms with E-state index in [-0.39, 0.29) is 5.25 Å². The second-order valence-electron chi connectivity index (χ2n) is 11.3. The number of likely N-dealkylation sites (tertiary alicyclic amines) is 1. The van der Waals surface area contributed by atoms with E-state index in [4.69, 9.17) is 0 Å². The van der Waals surface area contributed by atoms with Crippen LogP contribution in [0.5, 0.6) is 0 Å². The Kier molecular flexibility index (Phi) is 8.78. The SMILES string of the molecule is CC(C)S(=O)(=O)CC1CCC(CCc2ccc(N3CCC(N4CCCCC4)CC3)cc2)CC1. The van der Waals surface area contributed by atoms with Gasteiger partial charge >= 0.3 is 0 Å². The lowest BCUT2D eigenvalue weighted by Crippen LogP contribution is -2.46. The summed E-state index contributed by atoms with van der Waals surface area (Å²) in [4.78, 5) is 5.33. The van der Waals surface area contributed by atoms with Gasteiger partial charge in [-0.05, 0) is 108 Å². The molecule has 3 aliphatic rings. The molecule has 0 N–H and O–H groups in total. The Labute approximate surface area is 203 Å². The molecule has 0 amide bonds. The molecule has 2 saturated heterocycles. The summed E-state index contributed by atoms with van der Waals surface area (Å²) in [5.41, 5.74) is 2.84. The summed E-state index contributed by atoms with van der Waals surface area (Å²) in [6.07, 6.45) is 13.8. The molecular weight excluding hydrogens is 428 g/mol. The van der Waals surface area contributed by atoms with Gasteiger partial charge < -0.3 is 9.80 Å². The maximum Gasteiger partial charge on any atom is 0.152 e. The Morgan fingerprint density at radius 3 is 2.03 bits per heavy atom. The van der Waals surface area contributed by atoms with Crippen LogP contribution in [0.15, 0.2) is 24.3 Å². The van der Waals surface area contributed by atoms with Crippen molar-refractivity contribution >= 4 is 15.5 Å². The first-order chi connectivity index (χ1) is 15.9. The fourth-order valence-electron chi connectivity index (χ4n) is 6.22. The van der Waals surface area contributed by atoms with Crippen molar-refractivity contribution in [3.63, 3.8) is 0 Å². The van der Waals surface area contributed by atoms with E-state index in [0.29, 0.717) is 11.7 Å². The van der Waals surface area contributed by atoms with Gasteiger partial charge in [-0.25, -0.2) is 8.42 Å². The molecule has 1 aromatic rings. The average Bonchev–Trinajstić information content (AvgIpc) is 2.84. The molecule has 186 valence electrons. The van der Waals surface area contributed by atoms with Gasteiger partial charge in [0.05, 0.1) is 11.0 Å². The van der Waals surface area contributed by atoms with E-state index < -0.39 is 9.84 Å². The van der Waals surface area contributed by atoms with Crippen molar-refractivity contribution in [3.05, 3.63) is 29.8 Å². The third-order valence-corrected chi connectivity index (χ3v) is 11.0. The zero-order valence-corrected chi connectivity index (χ0v) is 21.9. The van der Waals surface area contributed by atoms with E-state index in [2.05, 4.69) is 34.1 Å². The Morgan fingerprint density at radius 1 is 0.818 bits per heavy atom. The van der Waals surface area contributed by atoms with Crippen molar-refractivity contribution < 1.29 is 8.42 Å². The number of aryl methyl sites for hydroxylation is 1. The Hall–Kier alpha value is -1.07. The molecule has 4 nitrogen and oxygen atoms in total. The van der Waals surface area contributed by atoms with Crippen LogP contribution in [0.1, 0.15) is 83.6 Å². The minimum atomic E-state index is -2.90. The number of hydrogen-bond donors (Lipinski definition) is 0. The topological polar surface area (TPSA) is 40.6 Å². The van der Waals surface area contributed by atoms with E-state index in [1.165, 1.54) is 88.8 Å². The van der Waals surface area contributed by atoms with Crippen LogP contribution in [-0.2, 0) is 16.3 Å². The highest BCUT2D eigenvalue weighted by Gasteiger charge is 2.28. The number of hydrogen-bond acceptors (Lipinski definition) is 4. The van der Waals surface area contributed by atoms with Crippen LogP contribution in [0.4, 0.5) is 5.69 Å². The van der Waals surface area contributed by atoms with Gasteiger partial charge in [0.1, 0.15) is 0 Å². The van der Waals surface area contributed by atoms with Gasteiger partial charge in [0.25, 0.3) is 0 Å². The van der Waals surface area contributed by atoms with Gasteiger partial charge in [0.15, 0.2) is 9.84 Å². The van der Waals surface area contributed by atoms with Crippen molar-refractivity contribution in [2.45, 2.75) is 95.8 Å². The molecule has 2 aliphatic heterocycles. The summed E-state index contributed by atoms with van der Waals surface area (Å²) in [6, 6.07) is 10.2. The van der Waals surface area contributed by atoms with Gasteiger partial charge in [-0.2, -0.15) is 0 Å². The molecule has 1 aromatic carbocycles. The van der Waals surface area contributed by atoms with E-state index in [1.807, 2.05) is 13.8 Å². The lowest BCUT2D eigenvalue weighted by Gasteiger charge is -2.41. The molecule has 0 radical (unpaired) electrons. The molecule has 0 bridgehead atoms. The first-order valence-electron chi connectivity index (χ1n) is 13.7. The number of sulfone groups is 1. The molecule has 2 heterocycles. The minimum absolute atomic E-state index is 0.237.